The summed E-state index contributed by atoms with van der Waals surface area (Å²) in [6, 6.07) is 6.72. The Hall–Kier alpha value is -3.21. The van der Waals surface area contributed by atoms with Crippen molar-refractivity contribution in [1.29, 1.82) is 0 Å². The third kappa shape index (κ3) is 5.14. The second-order valence-electron chi connectivity index (χ2n) is 5.39. The van der Waals surface area contributed by atoms with Gasteiger partial charge < -0.3 is 15.6 Å². The molecule has 1 heterocycles. The van der Waals surface area contributed by atoms with Crippen molar-refractivity contribution in [3.05, 3.63) is 42.1 Å². The van der Waals surface area contributed by atoms with Crippen molar-refractivity contribution in [2.24, 2.45) is 5.73 Å². The minimum Gasteiger partial charge on any atom is -0.481 e. The monoisotopic (exact) mass is 385 g/mol. The summed E-state index contributed by atoms with van der Waals surface area (Å²) in [5.41, 5.74) is 4.29. The molecule has 0 saturated heterocycles. The van der Waals surface area contributed by atoms with Crippen LogP contribution in [0.1, 0.15) is 12.1 Å². The molecule has 1 aromatic carbocycles. The van der Waals surface area contributed by atoms with Crippen LogP contribution in [0.25, 0.3) is 5.69 Å². The van der Waals surface area contributed by atoms with Crippen LogP contribution in [0.15, 0.2) is 36.4 Å². The highest BCUT2D eigenvalue weighted by Gasteiger charge is 2.36. The molecular formula is C16H14F3N3O5. The first-order chi connectivity index (χ1) is 12.6. The van der Waals surface area contributed by atoms with Gasteiger partial charge in [-0.05, 0) is 12.1 Å². The van der Waals surface area contributed by atoms with Crippen molar-refractivity contribution < 1.29 is 37.4 Å². The van der Waals surface area contributed by atoms with E-state index in [2.05, 4.69) is 5.10 Å². The number of hydrogen-bond donors (Lipinski definition) is 2. The average molecular weight is 385 g/mol. The summed E-state index contributed by atoms with van der Waals surface area (Å²) >= 11 is 0. The molecule has 3 N–H and O–H groups in total. The molecule has 11 heteroatoms. The first-order valence-corrected chi connectivity index (χ1v) is 7.49. The lowest BCUT2D eigenvalue weighted by atomic mass is 10.1. The molecule has 27 heavy (non-hydrogen) atoms. The van der Waals surface area contributed by atoms with Gasteiger partial charge >= 0.3 is 12.1 Å². The van der Waals surface area contributed by atoms with Crippen LogP contribution in [0.3, 0.4) is 0 Å². The molecule has 0 aliphatic heterocycles. The Kier molecular flexibility index (Phi) is 5.95. The number of ether oxygens (including phenoxy) is 1. The van der Waals surface area contributed by atoms with Gasteiger partial charge in [-0.2, -0.15) is 18.3 Å². The number of para-hydroxylation sites is 1. The molecule has 1 atom stereocenters. The Morgan fingerprint density at radius 3 is 2.41 bits per heavy atom. The number of nitrogens with two attached hydrogens (primary N) is 1. The number of nitrogens with zero attached hydrogens (tertiary/aromatic N) is 2. The van der Waals surface area contributed by atoms with Gasteiger partial charge in [0.05, 0.1) is 18.2 Å². The standard InChI is InChI=1S/C16H14F3N3O5/c17-16(18,19)12-7-13(22(21-12)9-4-2-1-3-5-9)27-8-11(23)15(26)10(20)6-14(24)25/h1-5,7,10H,6,8,20H2,(H,24,25)/t10-/m0/s1. The highest BCUT2D eigenvalue weighted by atomic mass is 19.4. The fourth-order valence-corrected chi connectivity index (χ4v) is 2.06. The molecule has 8 nitrogen and oxygen atoms in total. The number of carboxylic acid groups (broad SMARTS) is 1. The second-order valence-corrected chi connectivity index (χ2v) is 5.39. The normalized spacial score (nSPS) is 12.4. The van der Waals surface area contributed by atoms with Crippen LogP contribution < -0.4 is 10.5 Å². The van der Waals surface area contributed by atoms with Gasteiger partial charge in [0, 0.05) is 6.07 Å². The number of Topliss-reactive ketones (excluding diaryl/α,β-unsaturated/α-hetero) is 2. The van der Waals surface area contributed by atoms with Crippen LogP contribution in [0, 0.1) is 0 Å². The van der Waals surface area contributed by atoms with E-state index in [1.54, 1.807) is 18.2 Å². The molecule has 0 fully saturated rings. The second kappa shape index (κ2) is 7.99. The van der Waals surface area contributed by atoms with Gasteiger partial charge in [0.15, 0.2) is 12.3 Å². The van der Waals surface area contributed by atoms with Gasteiger partial charge in [0.25, 0.3) is 0 Å². The maximum absolute atomic E-state index is 12.9. The molecule has 2 aromatic rings. The van der Waals surface area contributed by atoms with E-state index in [9.17, 15) is 27.6 Å². The molecule has 0 radical (unpaired) electrons. The highest BCUT2D eigenvalue weighted by molar-refractivity contribution is 6.40. The number of rotatable bonds is 8. The van der Waals surface area contributed by atoms with Gasteiger partial charge in [-0.3, -0.25) is 14.4 Å². The third-order valence-electron chi connectivity index (χ3n) is 3.33. The summed E-state index contributed by atoms with van der Waals surface area (Å²) < 4.78 is 44.6. The number of ketones is 2. The minimum atomic E-state index is -4.75. The zero-order valence-electron chi connectivity index (χ0n) is 13.6. The quantitative estimate of drug-likeness (QED) is 0.655. The molecule has 0 spiro atoms. The van der Waals surface area contributed by atoms with Gasteiger partial charge in [-0.15, -0.1) is 0 Å². The van der Waals surface area contributed by atoms with Crippen molar-refractivity contribution in [2.75, 3.05) is 6.61 Å². The fourth-order valence-electron chi connectivity index (χ4n) is 2.06. The first kappa shape index (κ1) is 20.1. The zero-order chi connectivity index (χ0) is 20.2. The minimum absolute atomic E-state index is 0.240. The molecule has 0 unspecified atom stereocenters. The van der Waals surface area contributed by atoms with Crippen LogP contribution >= 0.6 is 0 Å². The van der Waals surface area contributed by atoms with E-state index >= 15 is 0 Å². The smallest absolute Gasteiger partial charge is 0.435 e. The number of halogens is 3. The van der Waals surface area contributed by atoms with Gasteiger partial charge in [-0.1, -0.05) is 18.2 Å². The van der Waals surface area contributed by atoms with E-state index in [-0.39, 0.29) is 5.69 Å². The van der Waals surface area contributed by atoms with E-state index in [4.69, 9.17) is 15.6 Å². The molecule has 0 aliphatic carbocycles. The van der Waals surface area contributed by atoms with Crippen LogP contribution in [-0.2, 0) is 20.6 Å². The number of hydrogen-bond acceptors (Lipinski definition) is 6. The lowest BCUT2D eigenvalue weighted by molar-refractivity contribution is -0.142. The van der Waals surface area contributed by atoms with Crippen LogP contribution in [0.2, 0.25) is 0 Å². The van der Waals surface area contributed by atoms with Crippen molar-refractivity contribution in [3.63, 3.8) is 0 Å². The predicted molar refractivity (Wildman–Crippen MR) is 84.3 cm³/mol. The molecule has 0 aliphatic rings. The summed E-state index contributed by atoms with van der Waals surface area (Å²) in [6.07, 6.45) is -5.51. The van der Waals surface area contributed by atoms with Gasteiger partial charge in [0.1, 0.15) is 0 Å². The highest BCUT2D eigenvalue weighted by Crippen LogP contribution is 2.32. The molecule has 0 saturated carbocycles. The summed E-state index contributed by atoms with van der Waals surface area (Å²) in [7, 11) is 0. The summed E-state index contributed by atoms with van der Waals surface area (Å²) in [5, 5.41) is 12.0. The van der Waals surface area contributed by atoms with Gasteiger partial charge in [-0.25, -0.2) is 4.68 Å². The van der Waals surface area contributed by atoms with E-state index in [0.717, 1.165) is 4.68 Å². The van der Waals surface area contributed by atoms with E-state index in [1.165, 1.54) is 12.1 Å². The van der Waals surface area contributed by atoms with E-state index in [1.807, 2.05) is 0 Å². The maximum atomic E-state index is 12.9. The number of carbonyl (C=O) groups excluding carboxylic acids is 2. The predicted octanol–water partition coefficient (Wildman–Crippen LogP) is 1.21. The van der Waals surface area contributed by atoms with E-state index < -0.39 is 54.4 Å². The number of carboxylic acids is 1. The van der Waals surface area contributed by atoms with Crippen molar-refractivity contribution in [3.8, 4) is 11.6 Å². The lowest BCUT2D eigenvalue weighted by Crippen LogP contribution is -2.39. The molecule has 2 rings (SSSR count). The largest absolute Gasteiger partial charge is 0.481 e. The molecule has 144 valence electrons. The SMILES string of the molecule is N[C@@H](CC(=O)O)C(=O)C(=O)COc1cc(C(F)(F)F)nn1-c1ccccc1. The van der Waals surface area contributed by atoms with Crippen molar-refractivity contribution >= 4 is 17.5 Å². The number of aromatic nitrogens is 2. The summed E-state index contributed by atoms with van der Waals surface area (Å²) in [5.74, 6) is -4.15. The molecular weight excluding hydrogens is 371 g/mol. The Morgan fingerprint density at radius 2 is 1.85 bits per heavy atom. The number of alkyl halides is 3. The van der Waals surface area contributed by atoms with Crippen LogP contribution in [0.4, 0.5) is 13.2 Å². The van der Waals surface area contributed by atoms with E-state index in [0.29, 0.717) is 6.07 Å². The molecule has 1 aromatic heterocycles. The maximum Gasteiger partial charge on any atom is 0.435 e. The zero-order valence-corrected chi connectivity index (χ0v) is 13.6. The Bertz CT molecular complexity index is 849. The van der Waals surface area contributed by atoms with Crippen molar-refractivity contribution in [2.45, 2.75) is 18.6 Å². The summed E-state index contributed by atoms with van der Waals surface area (Å²) in [6.45, 7) is -0.915. The van der Waals surface area contributed by atoms with Crippen LogP contribution in [-0.4, -0.2) is 45.1 Å². The number of carbonyl (C=O) groups is 3. The van der Waals surface area contributed by atoms with Crippen LogP contribution in [0.5, 0.6) is 5.88 Å². The number of benzene rings is 1. The molecule has 0 bridgehead atoms. The molecule has 0 amide bonds. The Morgan fingerprint density at radius 1 is 1.22 bits per heavy atom. The topological polar surface area (TPSA) is 125 Å². The lowest BCUT2D eigenvalue weighted by Gasteiger charge is -2.10. The fraction of sp³-hybridized carbons (Fsp3) is 0.250. The Labute approximate surface area is 150 Å². The number of aliphatic carboxylic acids is 1. The third-order valence-corrected chi connectivity index (χ3v) is 3.33. The Balaban J connectivity index is 2.20. The first-order valence-electron chi connectivity index (χ1n) is 7.49. The van der Waals surface area contributed by atoms with Crippen molar-refractivity contribution in [1.82, 2.24) is 9.78 Å². The average Bonchev–Trinajstić information content (AvgIpc) is 3.03. The summed E-state index contributed by atoms with van der Waals surface area (Å²) in [4.78, 5) is 34.0. The van der Waals surface area contributed by atoms with Gasteiger partial charge in [0.2, 0.25) is 17.4 Å².